The second-order valence-electron chi connectivity index (χ2n) is 3.59. The summed E-state index contributed by atoms with van der Waals surface area (Å²) in [5.74, 6) is -0.136. The quantitative estimate of drug-likeness (QED) is 0.848. The highest BCUT2D eigenvalue weighted by Gasteiger charge is 2.07. The number of aromatic nitrogens is 3. The molecule has 0 unspecified atom stereocenters. The van der Waals surface area contributed by atoms with Crippen molar-refractivity contribution in [3.63, 3.8) is 0 Å². The molecular formula is C11H11ClN4O2. The Labute approximate surface area is 108 Å². The predicted molar refractivity (Wildman–Crippen MR) is 66.3 cm³/mol. The maximum absolute atomic E-state index is 11.2. The summed E-state index contributed by atoms with van der Waals surface area (Å²) in [6, 6.07) is 3.36. The van der Waals surface area contributed by atoms with E-state index in [1.54, 1.807) is 23.0 Å². The molecule has 0 aliphatic carbocycles. The Morgan fingerprint density at radius 3 is 2.83 bits per heavy atom. The number of hydrogen-bond acceptors (Lipinski definition) is 5. The number of methoxy groups -OCH3 is 1. The van der Waals surface area contributed by atoms with Crippen LogP contribution < -0.4 is 5.73 Å². The first-order valence-corrected chi connectivity index (χ1v) is 5.49. The van der Waals surface area contributed by atoms with Crippen molar-refractivity contribution in [2.45, 2.75) is 6.54 Å². The van der Waals surface area contributed by atoms with Crippen LogP contribution in [0.1, 0.15) is 16.1 Å². The van der Waals surface area contributed by atoms with E-state index in [9.17, 15) is 4.79 Å². The van der Waals surface area contributed by atoms with E-state index in [0.29, 0.717) is 17.1 Å². The number of rotatable bonds is 3. The number of esters is 1. The average molecular weight is 267 g/mol. The Morgan fingerprint density at radius 1 is 1.56 bits per heavy atom. The average Bonchev–Trinajstić information content (AvgIpc) is 2.68. The van der Waals surface area contributed by atoms with Crippen LogP contribution in [0.15, 0.2) is 24.5 Å². The van der Waals surface area contributed by atoms with Gasteiger partial charge >= 0.3 is 5.97 Å². The first-order chi connectivity index (χ1) is 8.60. The van der Waals surface area contributed by atoms with Crippen molar-refractivity contribution in [1.82, 2.24) is 14.8 Å². The molecule has 7 heteroatoms. The molecule has 0 saturated carbocycles. The third-order valence-corrected chi connectivity index (χ3v) is 2.60. The summed E-state index contributed by atoms with van der Waals surface area (Å²) in [6.07, 6.45) is 3.07. The maximum Gasteiger partial charge on any atom is 0.339 e. The van der Waals surface area contributed by atoms with Crippen LogP contribution in [0.4, 0.5) is 5.82 Å². The summed E-state index contributed by atoms with van der Waals surface area (Å²) < 4.78 is 6.16. The van der Waals surface area contributed by atoms with Gasteiger partial charge in [-0.15, -0.1) is 0 Å². The van der Waals surface area contributed by atoms with E-state index in [1.165, 1.54) is 13.3 Å². The molecule has 0 amide bonds. The third kappa shape index (κ3) is 2.60. The molecule has 0 saturated heterocycles. The number of halogens is 1. The van der Waals surface area contributed by atoms with Gasteiger partial charge in [0.15, 0.2) is 5.82 Å². The van der Waals surface area contributed by atoms with Crippen molar-refractivity contribution < 1.29 is 9.53 Å². The lowest BCUT2D eigenvalue weighted by Gasteiger charge is -2.02. The minimum Gasteiger partial charge on any atom is -0.465 e. The van der Waals surface area contributed by atoms with Crippen LogP contribution in [0, 0.1) is 0 Å². The lowest BCUT2D eigenvalue weighted by molar-refractivity contribution is 0.0600. The summed E-state index contributed by atoms with van der Waals surface area (Å²) in [7, 11) is 1.32. The highest BCUT2D eigenvalue weighted by Crippen LogP contribution is 2.15. The van der Waals surface area contributed by atoms with Crippen molar-refractivity contribution in [3.8, 4) is 0 Å². The van der Waals surface area contributed by atoms with E-state index in [1.807, 2.05) is 0 Å². The summed E-state index contributed by atoms with van der Waals surface area (Å²) in [5, 5.41) is 4.41. The van der Waals surface area contributed by atoms with Gasteiger partial charge in [-0.05, 0) is 12.1 Å². The molecule has 18 heavy (non-hydrogen) atoms. The molecule has 2 heterocycles. The topological polar surface area (TPSA) is 83.0 Å². The van der Waals surface area contributed by atoms with Crippen molar-refractivity contribution >= 4 is 23.4 Å². The van der Waals surface area contributed by atoms with Gasteiger partial charge in [0, 0.05) is 12.4 Å². The highest BCUT2D eigenvalue weighted by atomic mass is 35.5. The van der Waals surface area contributed by atoms with Crippen molar-refractivity contribution in [2.24, 2.45) is 0 Å². The monoisotopic (exact) mass is 266 g/mol. The van der Waals surface area contributed by atoms with Gasteiger partial charge in [-0.2, -0.15) is 5.10 Å². The van der Waals surface area contributed by atoms with Crippen molar-refractivity contribution in [1.29, 1.82) is 0 Å². The van der Waals surface area contributed by atoms with Gasteiger partial charge < -0.3 is 10.5 Å². The first-order valence-electron chi connectivity index (χ1n) is 5.12. The highest BCUT2D eigenvalue weighted by molar-refractivity contribution is 6.32. The number of pyridine rings is 1. The number of carbonyl (C=O) groups is 1. The molecule has 2 rings (SSSR count). The van der Waals surface area contributed by atoms with Gasteiger partial charge in [-0.3, -0.25) is 9.67 Å². The number of carbonyl (C=O) groups excluding carboxylic acids is 1. The fraction of sp³-hybridized carbons (Fsp3) is 0.182. The number of anilines is 1. The molecule has 6 nitrogen and oxygen atoms in total. The van der Waals surface area contributed by atoms with E-state index < -0.39 is 5.97 Å². The molecule has 2 aromatic rings. The summed E-state index contributed by atoms with van der Waals surface area (Å²) in [5.41, 5.74) is 6.67. The van der Waals surface area contributed by atoms with E-state index in [2.05, 4.69) is 14.8 Å². The molecule has 0 atom stereocenters. The molecule has 0 aromatic carbocycles. The molecule has 0 spiro atoms. The molecule has 0 bridgehead atoms. The Kier molecular flexibility index (Phi) is 3.47. The molecule has 94 valence electrons. The molecule has 0 radical (unpaired) electrons. The molecule has 0 fully saturated rings. The largest absolute Gasteiger partial charge is 0.465 e. The number of ether oxygens (including phenoxy) is 1. The SMILES string of the molecule is COC(=O)c1ccc(Cn2cc(Cl)c(N)n2)nc1. The summed E-state index contributed by atoms with van der Waals surface area (Å²) >= 11 is 5.79. The van der Waals surface area contributed by atoms with Crippen LogP contribution in [0.25, 0.3) is 0 Å². The number of nitrogens with zero attached hydrogens (tertiary/aromatic N) is 3. The Bertz CT molecular complexity index is 545. The predicted octanol–water partition coefficient (Wildman–Crippen LogP) is 1.35. The Hall–Kier alpha value is -2.08. The zero-order chi connectivity index (χ0) is 13.1. The lowest BCUT2D eigenvalue weighted by Crippen LogP contribution is -2.06. The van der Waals surface area contributed by atoms with Crippen molar-refractivity contribution in [2.75, 3.05) is 12.8 Å². The van der Waals surface area contributed by atoms with E-state index in [-0.39, 0.29) is 5.82 Å². The molecule has 2 aromatic heterocycles. The maximum atomic E-state index is 11.2. The summed E-state index contributed by atoms with van der Waals surface area (Å²) in [6.45, 7) is 0.429. The van der Waals surface area contributed by atoms with Crippen LogP contribution in [0.3, 0.4) is 0 Å². The van der Waals surface area contributed by atoms with Gasteiger partial charge in [0.25, 0.3) is 0 Å². The van der Waals surface area contributed by atoms with Gasteiger partial charge in [-0.1, -0.05) is 11.6 Å². The van der Waals surface area contributed by atoms with Gasteiger partial charge in [0.05, 0.1) is 24.9 Å². The Balaban J connectivity index is 2.13. The zero-order valence-corrected chi connectivity index (χ0v) is 10.4. The first kappa shape index (κ1) is 12.4. The fourth-order valence-corrected chi connectivity index (χ4v) is 1.57. The van der Waals surface area contributed by atoms with E-state index in [4.69, 9.17) is 17.3 Å². The Morgan fingerprint density at radius 2 is 2.33 bits per heavy atom. The second kappa shape index (κ2) is 5.05. The minimum atomic E-state index is -0.416. The van der Waals surface area contributed by atoms with E-state index in [0.717, 1.165) is 5.69 Å². The standard InChI is InChI=1S/C11H11ClN4O2/c1-18-11(17)7-2-3-8(14-4-7)5-16-6-9(12)10(13)15-16/h2-4,6H,5H2,1H3,(H2,13,15). The van der Waals surface area contributed by atoms with E-state index >= 15 is 0 Å². The van der Waals surface area contributed by atoms with Crippen LogP contribution in [0.5, 0.6) is 0 Å². The minimum absolute atomic E-state index is 0.280. The van der Waals surface area contributed by atoms with Crippen LogP contribution >= 0.6 is 11.6 Å². The number of nitrogen functional groups attached to an aromatic ring is 1. The van der Waals surface area contributed by atoms with Crippen LogP contribution in [-0.2, 0) is 11.3 Å². The molecular weight excluding hydrogens is 256 g/mol. The smallest absolute Gasteiger partial charge is 0.339 e. The zero-order valence-electron chi connectivity index (χ0n) is 9.63. The van der Waals surface area contributed by atoms with Gasteiger partial charge in [0.2, 0.25) is 0 Å². The molecule has 0 aliphatic heterocycles. The van der Waals surface area contributed by atoms with Crippen LogP contribution in [-0.4, -0.2) is 27.8 Å². The fourth-order valence-electron chi connectivity index (χ4n) is 1.42. The van der Waals surface area contributed by atoms with Gasteiger partial charge in [-0.25, -0.2) is 4.79 Å². The lowest BCUT2D eigenvalue weighted by atomic mass is 10.2. The molecule has 0 aliphatic rings. The number of nitrogens with two attached hydrogens (primary N) is 1. The van der Waals surface area contributed by atoms with Gasteiger partial charge in [0.1, 0.15) is 5.02 Å². The van der Waals surface area contributed by atoms with Crippen LogP contribution in [0.2, 0.25) is 5.02 Å². The normalized spacial score (nSPS) is 10.3. The second-order valence-corrected chi connectivity index (χ2v) is 4.00. The van der Waals surface area contributed by atoms with Crippen molar-refractivity contribution in [3.05, 3.63) is 40.8 Å². The molecule has 2 N–H and O–H groups in total. The number of hydrogen-bond donors (Lipinski definition) is 1. The summed E-state index contributed by atoms with van der Waals surface area (Å²) in [4.78, 5) is 15.4. The third-order valence-electron chi connectivity index (χ3n) is 2.31.